The minimum absolute atomic E-state index is 0.0412. The van der Waals surface area contributed by atoms with Gasteiger partial charge in [-0.2, -0.15) is 10.2 Å². The van der Waals surface area contributed by atoms with Crippen LogP contribution in [0.4, 0.5) is 10.4 Å². The minimum atomic E-state index is -0.877. The van der Waals surface area contributed by atoms with Crippen molar-refractivity contribution in [3.63, 3.8) is 0 Å². The van der Waals surface area contributed by atoms with E-state index in [9.17, 15) is 9.18 Å². The molecule has 1 N–H and O–H groups in total. The lowest BCUT2D eigenvalue weighted by molar-refractivity contribution is -0.132. The molecule has 5 rings (SSSR count). The summed E-state index contributed by atoms with van der Waals surface area (Å²) in [5.41, 5.74) is 1.96. The van der Waals surface area contributed by atoms with Gasteiger partial charge >= 0.3 is 0 Å². The van der Waals surface area contributed by atoms with Crippen LogP contribution < -0.4 is 10.2 Å². The van der Waals surface area contributed by atoms with E-state index in [4.69, 9.17) is 9.68 Å². The maximum Gasteiger partial charge on any atom is 0.298 e. The van der Waals surface area contributed by atoms with Crippen molar-refractivity contribution in [3.8, 4) is 6.07 Å². The van der Waals surface area contributed by atoms with Gasteiger partial charge in [-0.15, -0.1) is 0 Å². The number of aromatic nitrogens is 1. The summed E-state index contributed by atoms with van der Waals surface area (Å²) in [6.45, 7) is 4.87. The zero-order valence-electron chi connectivity index (χ0n) is 16.8. The lowest BCUT2D eigenvalue weighted by Gasteiger charge is -2.37. The standard InChI is InChI=1S/C21H25FN6O2/c22-15-3-4-28(13-15)20(29)18-10-16(12-24-18)26-5-7-27(8-6-26)21-25-17-9-14(11-23)1-2-19(17)30-21/h1-2,9,15-16,18,24H,3-8,10,12-13H2/t15?,16-,18-/m0/s1. The predicted molar refractivity (Wildman–Crippen MR) is 109 cm³/mol. The number of hydrogen-bond acceptors (Lipinski definition) is 7. The van der Waals surface area contributed by atoms with E-state index < -0.39 is 6.17 Å². The van der Waals surface area contributed by atoms with Crippen LogP contribution >= 0.6 is 0 Å². The van der Waals surface area contributed by atoms with E-state index >= 15 is 0 Å². The third-order valence-corrected chi connectivity index (χ3v) is 6.45. The maximum absolute atomic E-state index is 13.4. The highest BCUT2D eigenvalue weighted by Gasteiger charge is 2.38. The second-order valence-electron chi connectivity index (χ2n) is 8.33. The Hall–Kier alpha value is -2.70. The number of benzene rings is 1. The number of oxazole rings is 1. The van der Waals surface area contributed by atoms with Gasteiger partial charge in [0, 0.05) is 45.3 Å². The third kappa shape index (κ3) is 3.61. The van der Waals surface area contributed by atoms with Crippen molar-refractivity contribution >= 4 is 23.0 Å². The van der Waals surface area contributed by atoms with Crippen molar-refractivity contribution in [1.29, 1.82) is 5.26 Å². The monoisotopic (exact) mass is 412 g/mol. The zero-order chi connectivity index (χ0) is 20.7. The quantitative estimate of drug-likeness (QED) is 0.808. The largest absolute Gasteiger partial charge is 0.423 e. The van der Waals surface area contributed by atoms with Crippen molar-refractivity contribution in [2.24, 2.45) is 0 Å². The van der Waals surface area contributed by atoms with Gasteiger partial charge in [-0.1, -0.05) is 0 Å². The van der Waals surface area contributed by atoms with Crippen LogP contribution in [0.25, 0.3) is 11.1 Å². The molecule has 30 heavy (non-hydrogen) atoms. The molecule has 3 saturated heterocycles. The van der Waals surface area contributed by atoms with Crippen LogP contribution in [0.3, 0.4) is 0 Å². The van der Waals surface area contributed by atoms with Crippen molar-refractivity contribution in [1.82, 2.24) is 20.1 Å². The second kappa shape index (κ2) is 7.85. The van der Waals surface area contributed by atoms with Gasteiger partial charge in [-0.25, -0.2) is 4.39 Å². The number of likely N-dealkylation sites (tertiary alicyclic amines) is 1. The molecule has 3 fully saturated rings. The summed E-state index contributed by atoms with van der Waals surface area (Å²) in [5, 5.41) is 12.4. The molecule has 3 aliphatic rings. The minimum Gasteiger partial charge on any atom is -0.423 e. The molecule has 1 aromatic heterocycles. The van der Waals surface area contributed by atoms with Gasteiger partial charge in [-0.3, -0.25) is 9.69 Å². The van der Waals surface area contributed by atoms with E-state index in [2.05, 4.69) is 26.2 Å². The molecule has 0 saturated carbocycles. The van der Waals surface area contributed by atoms with E-state index in [1.165, 1.54) is 0 Å². The molecule has 0 bridgehead atoms. The highest BCUT2D eigenvalue weighted by Crippen LogP contribution is 2.25. The summed E-state index contributed by atoms with van der Waals surface area (Å²) in [6, 6.07) is 8.08. The zero-order valence-corrected chi connectivity index (χ0v) is 16.8. The summed E-state index contributed by atoms with van der Waals surface area (Å²) < 4.78 is 19.3. The topological polar surface area (TPSA) is 88.6 Å². The van der Waals surface area contributed by atoms with Gasteiger partial charge in [0.2, 0.25) is 5.91 Å². The van der Waals surface area contributed by atoms with Crippen LogP contribution in [0.5, 0.6) is 0 Å². The molecule has 8 nitrogen and oxygen atoms in total. The number of anilines is 1. The fourth-order valence-electron chi connectivity index (χ4n) is 4.72. The van der Waals surface area contributed by atoms with Crippen LogP contribution in [-0.2, 0) is 4.79 Å². The van der Waals surface area contributed by atoms with Crippen molar-refractivity contribution in [2.45, 2.75) is 31.1 Å². The van der Waals surface area contributed by atoms with Crippen LogP contribution in [0, 0.1) is 11.3 Å². The Labute approximate surface area is 174 Å². The molecule has 1 aromatic carbocycles. The van der Waals surface area contributed by atoms with Gasteiger partial charge in [-0.05, 0) is 31.0 Å². The lowest BCUT2D eigenvalue weighted by Crippen LogP contribution is -2.51. The van der Waals surface area contributed by atoms with Crippen molar-refractivity contribution < 1.29 is 13.6 Å². The van der Waals surface area contributed by atoms with E-state index in [-0.39, 0.29) is 18.5 Å². The number of halogens is 1. The normalized spacial score (nSPS) is 27.7. The number of hydrogen-bond donors (Lipinski definition) is 1. The molecule has 158 valence electrons. The first-order valence-corrected chi connectivity index (χ1v) is 10.6. The van der Waals surface area contributed by atoms with Crippen molar-refractivity contribution in [3.05, 3.63) is 23.8 Å². The average Bonchev–Trinajstić information content (AvgIpc) is 3.52. The smallest absolute Gasteiger partial charge is 0.298 e. The van der Waals surface area contributed by atoms with Gasteiger partial charge in [0.15, 0.2) is 5.58 Å². The number of carbonyl (C=O) groups is 1. The van der Waals surface area contributed by atoms with E-state index in [0.29, 0.717) is 41.7 Å². The second-order valence-corrected chi connectivity index (χ2v) is 8.33. The number of piperazine rings is 1. The van der Waals surface area contributed by atoms with Crippen molar-refractivity contribution in [2.75, 3.05) is 50.7 Å². The maximum atomic E-state index is 13.4. The van der Waals surface area contributed by atoms with Crippen LogP contribution in [-0.4, -0.2) is 84.8 Å². The van der Waals surface area contributed by atoms with Crippen LogP contribution in [0.2, 0.25) is 0 Å². The summed E-state index contributed by atoms with van der Waals surface area (Å²) in [6.07, 6.45) is 0.349. The highest BCUT2D eigenvalue weighted by atomic mass is 19.1. The number of amides is 1. The SMILES string of the molecule is N#Cc1ccc2oc(N3CCN([C@@H]4CN[C@H](C(=O)N5CCC(F)C5)C4)CC3)nc2c1. The molecule has 3 aliphatic heterocycles. The number of nitrogens with one attached hydrogen (secondary N) is 1. The van der Waals surface area contributed by atoms with Crippen LogP contribution in [0.1, 0.15) is 18.4 Å². The Balaban J connectivity index is 1.17. The number of rotatable bonds is 3. The van der Waals surface area contributed by atoms with Crippen LogP contribution in [0.15, 0.2) is 22.6 Å². The van der Waals surface area contributed by atoms with Gasteiger partial charge < -0.3 is 19.5 Å². The number of nitriles is 1. The van der Waals surface area contributed by atoms with Gasteiger partial charge in [0.1, 0.15) is 11.7 Å². The summed E-state index contributed by atoms with van der Waals surface area (Å²) in [4.78, 5) is 23.4. The van der Waals surface area contributed by atoms with Gasteiger partial charge in [0.05, 0.1) is 24.2 Å². The first kappa shape index (κ1) is 19.3. The summed E-state index contributed by atoms with van der Waals surface area (Å²) in [5.74, 6) is 0.0412. The molecule has 0 spiro atoms. The van der Waals surface area contributed by atoms with Gasteiger partial charge in [0.25, 0.3) is 6.01 Å². The molecule has 0 aliphatic carbocycles. The molecule has 2 aromatic rings. The Morgan fingerprint density at radius 3 is 2.83 bits per heavy atom. The number of alkyl halides is 1. The highest BCUT2D eigenvalue weighted by molar-refractivity contribution is 5.82. The Morgan fingerprint density at radius 1 is 1.27 bits per heavy atom. The average molecular weight is 412 g/mol. The Bertz CT molecular complexity index is 980. The van der Waals surface area contributed by atoms with E-state index in [1.54, 1.807) is 23.1 Å². The molecular weight excluding hydrogens is 387 g/mol. The molecular formula is C21H25FN6O2. The molecule has 3 atom stereocenters. The summed E-state index contributed by atoms with van der Waals surface area (Å²) >= 11 is 0. The van der Waals surface area contributed by atoms with E-state index in [1.807, 2.05) is 0 Å². The fraction of sp³-hybridized carbons (Fsp3) is 0.571. The molecule has 9 heteroatoms. The summed E-state index contributed by atoms with van der Waals surface area (Å²) in [7, 11) is 0. The number of carbonyl (C=O) groups excluding carboxylic acids is 1. The predicted octanol–water partition coefficient (Wildman–Crippen LogP) is 1.12. The molecule has 4 heterocycles. The Morgan fingerprint density at radius 2 is 2.10 bits per heavy atom. The van der Waals surface area contributed by atoms with E-state index in [0.717, 1.165) is 39.1 Å². The number of fused-ring (bicyclic) bond motifs is 1. The first-order valence-electron chi connectivity index (χ1n) is 10.6. The molecule has 0 radical (unpaired) electrons. The molecule has 1 unspecified atom stereocenters. The fourth-order valence-corrected chi connectivity index (χ4v) is 4.72. The Kier molecular flexibility index (Phi) is 5.05. The molecule has 1 amide bonds. The first-order chi connectivity index (χ1) is 14.6. The third-order valence-electron chi connectivity index (χ3n) is 6.45. The lowest BCUT2D eigenvalue weighted by atomic mass is 10.1. The number of nitrogens with zero attached hydrogens (tertiary/aromatic N) is 5.